The van der Waals surface area contributed by atoms with Crippen molar-refractivity contribution in [1.29, 1.82) is 0 Å². The predicted molar refractivity (Wildman–Crippen MR) is 96.3 cm³/mol. The molecule has 0 spiro atoms. The van der Waals surface area contributed by atoms with Gasteiger partial charge in [-0.25, -0.2) is 0 Å². The van der Waals surface area contributed by atoms with Crippen LogP contribution in [0, 0.1) is 3.57 Å². The van der Waals surface area contributed by atoms with Crippen LogP contribution >= 0.6 is 33.9 Å². The summed E-state index contributed by atoms with van der Waals surface area (Å²) in [6.45, 7) is 3.18. The van der Waals surface area contributed by atoms with Gasteiger partial charge < -0.3 is 10.2 Å². The van der Waals surface area contributed by atoms with Gasteiger partial charge in [0.15, 0.2) is 0 Å². The van der Waals surface area contributed by atoms with E-state index in [4.69, 9.17) is 0 Å². The fourth-order valence-corrected chi connectivity index (χ4v) is 3.46. The number of rotatable bonds is 6. The molecular formula is C16H21IN2S. The van der Waals surface area contributed by atoms with Crippen molar-refractivity contribution in [3.05, 3.63) is 55.8 Å². The van der Waals surface area contributed by atoms with Crippen molar-refractivity contribution in [2.75, 3.05) is 20.6 Å². The van der Waals surface area contributed by atoms with Crippen LogP contribution in [-0.2, 0) is 0 Å². The standard InChI is InChI=1S/C16H21IN2S/c1-12(13-6-8-14(17)9-7-13)18-11-15(19(2)3)16-5-4-10-20-16/h4-10,12,15,18H,11H2,1-3H3. The van der Waals surface area contributed by atoms with E-state index in [1.807, 2.05) is 11.3 Å². The third-order valence-electron chi connectivity index (χ3n) is 3.48. The molecule has 4 heteroatoms. The van der Waals surface area contributed by atoms with Gasteiger partial charge in [-0.3, -0.25) is 0 Å². The molecule has 0 saturated heterocycles. The van der Waals surface area contributed by atoms with Gasteiger partial charge in [-0.2, -0.15) is 0 Å². The summed E-state index contributed by atoms with van der Waals surface area (Å²) in [6.07, 6.45) is 0. The molecule has 2 nitrogen and oxygen atoms in total. The van der Waals surface area contributed by atoms with Crippen LogP contribution in [0.25, 0.3) is 0 Å². The molecule has 1 N–H and O–H groups in total. The van der Waals surface area contributed by atoms with Gasteiger partial charge >= 0.3 is 0 Å². The quantitative estimate of drug-likeness (QED) is 0.728. The second kappa shape index (κ2) is 7.54. The third-order valence-corrected chi connectivity index (χ3v) is 5.18. The lowest BCUT2D eigenvalue weighted by atomic mass is 10.1. The molecule has 0 saturated carbocycles. The summed E-state index contributed by atoms with van der Waals surface area (Å²) in [5.74, 6) is 0. The smallest absolute Gasteiger partial charge is 0.0561 e. The topological polar surface area (TPSA) is 15.3 Å². The molecule has 0 bridgehead atoms. The Labute approximate surface area is 139 Å². The van der Waals surface area contributed by atoms with Crippen molar-refractivity contribution >= 4 is 33.9 Å². The highest BCUT2D eigenvalue weighted by Crippen LogP contribution is 2.23. The summed E-state index contributed by atoms with van der Waals surface area (Å²) in [5, 5.41) is 5.80. The maximum atomic E-state index is 3.65. The number of thiophene rings is 1. The number of hydrogen-bond donors (Lipinski definition) is 1. The number of hydrogen-bond acceptors (Lipinski definition) is 3. The van der Waals surface area contributed by atoms with E-state index >= 15 is 0 Å². The molecule has 2 rings (SSSR count). The SMILES string of the molecule is CC(NCC(c1cccs1)N(C)C)c1ccc(I)cc1. The molecule has 2 unspecified atom stereocenters. The number of halogens is 1. The first-order valence-electron chi connectivity index (χ1n) is 6.76. The first kappa shape index (κ1) is 15.9. The minimum absolute atomic E-state index is 0.370. The fourth-order valence-electron chi connectivity index (χ4n) is 2.18. The normalized spacial score (nSPS) is 14.4. The van der Waals surface area contributed by atoms with Gasteiger partial charge in [-0.15, -0.1) is 11.3 Å². The van der Waals surface area contributed by atoms with Crippen molar-refractivity contribution in [2.24, 2.45) is 0 Å². The van der Waals surface area contributed by atoms with Gasteiger partial charge in [0.1, 0.15) is 0 Å². The number of nitrogens with one attached hydrogen (secondary N) is 1. The zero-order valence-electron chi connectivity index (χ0n) is 12.1. The van der Waals surface area contributed by atoms with Crippen LogP contribution in [0.1, 0.15) is 29.4 Å². The molecule has 0 radical (unpaired) electrons. The second-order valence-electron chi connectivity index (χ2n) is 5.18. The van der Waals surface area contributed by atoms with E-state index in [2.05, 4.69) is 95.6 Å². The van der Waals surface area contributed by atoms with Gasteiger partial charge in [-0.05, 0) is 72.8 Å². The van der Waals surface area contributed by atoms with Crippen molar-refractivity contribution in [3.8, 4) is 0 Å². The highest BCUT2D eigenvalue weighted by Gasteiger charge is 2.16. The number of likely N-dealkylation sites (N-methyl/N-ethyl adjacent to an activating group) is 1. The van der Waals surface area contributed by atoms with Crippen LogP contribution in [0.2, 0.25) is 0 Å². The van der Waals surface area contributed by atoms with E-state index in [0.29, 0.717) is 12.1 Å². The lowest BCUT2D eigenvalue weighted by molar-refractivity contribution is 0.285. The number of nitrogens with zero attached hydrogens (tertiary/aromatic N) is 1. The molecule has 0 aliphatic carbocycles. The van der Waals surface area contributed by atoms with Gasteiger partial charge in [-0.1, -0.05) is 18.2 Å². The van der Waals surface area contributed by atoms with Gasteiger partial charge in [0.2, 0.25) is 0 Å². The molecule has 1 aromatic heterocycles. The Morgan fingerprint density at radius 2 is 1.90 bits per heavy atom. The Balaban J connectivity index is 1.97. The van der Waals surface area contributed by atoms with Crippen LogP contribution in [0.15, 0.2) is 41.8 Å². The van der Waals surface area contributed by atoms with Crippen molar-refractivity contribution in [3.63, 3.8) is 0 Å². The minimum atomic E-state index is 0.370. The molecule has 108 valence electrons. The van der Waals surface area contributed by atoms with E-state index in [1.165, 1.54) is 14.0 Å². The molecule has 2 aromatic rings. The zero-order chi connectivity index (χ0) is 14.5. The summed E-state index contributed by atoms with van der Waals surface area (Å²) in [4.78, 5) is 3.69. The first-order chi connectivity index (χ1) is 9.58. The Morgan fingerprint density at radius 3 is 2.45 bits per heavy atom. The van der Waals surface area contributed by atoms with Gasteiger partial charge in [0, 0.05) is 21.0 Å². The van der Waals surface area contributed by atoms with Crippen molar-refractivity contribution in [1.82, 2.24) is 10.2 Å². The van der Waals surface area contributed by atoms with Crippen molar-refractivity contribution in [2.45, 2.75) is 19.0 Å². The lowest BCUT2D eigenvalue weighted by Crippen LogP contribution is -2.32. The molecule has 0 fully saturated rings. The zero-order valence-corrected chi connectivity index (χ0v) is 15.1. The third kappa shape index (κ3) is 4.28. The number of benzene rings is 1. The largest absolute Gasteiger partial charge is 0.308 e. The predicted octanol–water partition coefficient (Wildman–Crippen LogP) is 4.31. The maximum absolute atomic E-state index is 3.65. The molecule has 1 aromatic carbocycles. The van der Waals surface area contributed by atoms with Crippen molar-refractivity contribution < 1.29 is 0 Å². The van der Waals surface area contributed by atoms with Crippen LogP contribution in [0.4, 0.5) is 0 Å². The Morgan fingerprint density at radius 1 is 1.20 bits per heavy atom. The van der Waals surface area contributed by atoms with Crippen LogP contribution in [0.5, 0.6) is 0 Å². The summed E-state index contributed by atoms with van der Waals surface area (Å²) in [5.41, 5.74) is 1.34. The molecule has 1 heterocycles. The molecule has 0 amide bonds. The summed E-state index contributed by atoms with van der Waals surface area (Å²) >= 11 is 4.17. The molecular weight excluding hydrogens is 379 g/mol. The van der Waals surface area contributed by atoms with Gasteiger partial charge in [0.25, 0.3) is 0 Å². The van der Waals surface area contributed by atoms with Crippen LogP contribution in [0.3, 0.4) is 0 Å². The summed E-state index contributed by atoms with van der Waals surface area (Å²) in [6, 6.07) is 13.9. The van der Waals surface area contributed by atoms with E-state index < -0.39 is 0 Å². The average Bonchev–Trinajstić information content (AvgIpc) is 2.93. The average molecular weight is 400 g/mol. The Kier molecular flexibility index (Phi) is 6.01. The van der Waals surface area contributed by atoms with E-state index in [9.17, 15) is 0 Å². The van der Waals surface area contributed by atoms with Crippen LogP contribution in [-0.4, -0.2) is 25.5 Å². The Hall–Kier alpha value is -0.430. The lowest BCUT2D eigenvalue weighted by Gasteiger charge is -2.25. The second-order valence-corrected chi connectivity index (χ2v) is 7.40. The van der Waals surface area contributed by atoms with E-state index in [1.54, 1.807) is 0 Å². The molecule has 0 aliphatic heterocycles. The summed E-state index contributed by atoms with van der Waals surface area (Å²) in [7, 11) is 4.28. The van der Waals surface area contributed by atoms with E-state index in [-0.39, 0.29) is 0 Å². The maximum Gasteiger partial charge on any atom is 0.0561 e. The molecule has 0 aliphatic rings. The Bertz CT molecular complexity index is 508. The highest BCUT2D eigenvalue weighted by molar-refractivity contribution is 14.1. The molecule has 2 atom stereocenters. The fraction of sp³-hybridized carbons (Fsp3) is 0.375. The minimum Gasteiger partial charge on any atom is -0.308 e. The highest BCUT2D eigenvalue weighted by atomic mass is 127. The van der Waals surface area contributed by atoms with Crippen LogP contribution < -0.4 is 5.32 Å². The monoisotopic (exact) mass is 400 g/mol. The summed E-state index contributed by atoms with van der Waals surface area (Å²) < 4.78 is 1.28. The molecule has 20 heavy (non-hydrogen) atoms. The first-order valence-corrected chi connectivity index (χ1v) is 8.72. The van der Waals surface area contributed by atoms with E-state index in [0.717, 1.165) is 6.54 Å². The van der Waals surface area contributed by atoms with Gasteiger partial charge in [0.05, 0.1) is 6.04 Å².